The van der Waals surface area contributed by atoms with Gasteiger partial charge in [-0.15, -0.1) is 0 Å². The average molecular weight is 194 g/mol. The summed E-state index contributed by atoms with van der Waals surface area (Å²) >= 11 is 0. The molecule has 14 heavy (non-hydrogen) atoms. The number of hydrogen-bond acceptors (Lipinski definition) is 2. The molecule has 0 saturated heterocycles. The summed E-state index contributed by atoms with van der Waals surface area (Å²) in [5, 5.41) is 6.92. The Kier molecular flexibility index (Phi) is 2.79. The fraction of sp³-hybridized carbons (Fsp3) is 0.636. The molecule has 0 fully saturated rings. The van der Waals surface area contributed by atoms with Gasteiger partial charge in [-0.05, 0) is 12.0 Å². The molecule has 1 rings (SSSR count). The second-order valence-corrected chi connectivity index (χ2v) is 4.94. The van der Waals surface area contributed by atoms with Gasteiger partial charge in [0.1, 0.15) is 5.69 Å². The molecular formula is C11H18N2O. The first kappa shape index (κ1) is 11.0. The van der Waals surface area contributed by atoms with Gasteiger partial charge in [0.25, 0.3) is 0 Å². The summed E-state index contributed by atoms with van der Waals surface area (Å²) in [6.07, 6.45) is 0. The van der Waals surface area contributed by atoms with Crippen LogP contribution in [-0.4, -0.2) is 16.0 Å². The monoisotopic (exact) mass is 194 g/mol. The number of aromatic nitrogens is 2. The molecule has 1 heterocycles. The van der Waals surface area contributed by atoms with E-state index < -0.39 is 0 Å². The molecule has 0 aliphatic heterocycles. The van der Waals surface area contributed by atoms with Crippen molar-refractivity contribution in [1.82, 2.24) is 10.2 Å². The Morgan fingerprint density at radius 1 is 1.43 bits per heavy atom. The second-order valence-electron chi connectivity index (χ2n) is 4.94. The van der Waals surface area contributed by atoms with Crippen molar-refractivity contribution >= 4 is 5.78 Å². The normalized spacial score (nSPS) is 12.1. The Morgan fingerprint density at radius 2 is 2.00 bits per heavy atom. The summed E-state index contributed by atoms with van der Waals surface area (Å²) in [6, 6.07) is 1.85. The van der Waals surface area contributed by atoms with Crippen LogP contribution in [0.4, 0.5) is 0 Å². The molecule has 0 saturated carbocycles. The van der Waals surface area contributed by atoms with E-state index in [0.29, 0.717) is 11.6 Å². The van der Waals surface area contributed by atoms with Crippen LogP contribution >= 0.6 is 0 Å². The molecule has 0 radical (unpaired) electrons. The third-order valence-corrected chi connectivity index (χ3v) is 2.13. The molecule has 0 bridgehead atoms. The topological polar surface area (TPSA) is 45.8 Å². The number of nitrogens with zero attached hydrogens (tertiary/aromatic N) is 1. The molecule has 1 N–H and O–H groups in total. The average Bonchev–Trinajstić information content (AvgIpc) is 2.48. The van der Waals surface area contributed by atoms with Crippen LogP contribution in [0.3, 0.4) is 0 Å². The van der Waals surface area contributed by atoms with Crippen LogP contribution in [0, 0.1) is 5.41 Å². The van der Waals surface area contributed by atoms with Crippen molar-refractivity contribution in [2.24, 2.45) is 5.41 Å². The van der Waals surface area contributed by atoms with Crippen LogP contribution in [0.25, 0.3) is 0 Å². The van der Waals surface area contributed by atoms with Gasteiger partial charge in [-0.25, -0.2) is 0 Å². The van der Waals surface area contributed by atoms with Crippen molar-refractivity contribution in [3.8, 4) is 0 Å². The molecule has 0 unspecified atom stereocenters. The van der Waals surface area contributed by atoms with Crippen molar-refractivity contribution in [2.75, 3.05) is 0 Å². The highest BCUT2D eigenvalue weighted by molar-refractivity contribution is 5.98. The summed E-state index contributed by atoms with van der Waals surface area (Å²) in [4.78, 5) is 11.8. The molecule has 0 amide bonds. The Labute approximate surface area is 84.9 Å². The zero-order valence-corrected chi connectivity index (χ0v) is 9.51. The van der Waals surface area contributed by atoms with Crippen LogP contribution < -0.4 is 0 Å². The van der Waals surface area contributed by atoms with Crippen molar-refractivity contribution in [3.63, 3.8) is 0 Å². The molecule has 1 aromatic rings. The van der Waals surface area contributed by atoms with E-state index in [0.717, 1.165) is 5.69 Å². The molecule has 0 spiro atoms. The summed E-state index contributed by atoms with van der Waals surface area (Å²) in [6.45, 7) is 9.84. The molecule has 1 aromatic heterocycles. The largest absolute Gasteiger partial charge is 0.292 e. The maximum Gasteiger partial charge on any atom is 0.188 e. The molecular weight excluding hydrogens is 176 g/mol. The third-order valence-electron chi connectivity index (χ3n) is 2.13. The lowest BCUT2D eigenvalue weighted by atomic mass is 9.89. The molecule has 0 atom stereocenters. The number of aromatic amines is 1. The van der Waals surface area contributed by atoms with E-state index >= 15 is 0 Å². The number of ketones is 1. The third kappa shape index (κ3) is 2.22. The molecule has 0 aliphatic carbocycles. The predicted octanol–water partition coefficient (Wildman–Crippen LogP) is 2.76. The lowest BCUT2D eigenvalue weighted by molar-refractivity contribution is 0.0853. The van der Waals surface area contributed by atoms with Gasteiger partial charge in [0.15, 0.2) is 5.78 Å². The van der Waals surface area contributed by atoms with E-state index in [1.807, 2.05) is 26.8 Å². The zero-order chi connectivity index (χ0) is 10.9. The Hall–Kier alpha value is -1.12. The highest BCUT2D eigenvalue weighted by Gasteiger charge is 2.25. The molecule has 3 nitrogen and oxygen atoms in total. The van der Waals surface area contributed by atoms with Gasteiger partial charge in [-0.2, -0.15) is 5.10 Å². The molecule has 3 heteroatoms. The number of rotatable bonds is 2. The van der Waals surface area contributed by atoms with E-state index in [4.69, 9.17) is 0 Å². The van der Waals surface area contributed by atoms with Crippen molar-refractivity contribution in [3.05, 3.63) is 17.5 Å². The van der Waals surface area contributed by atoms with E-state index in [1.54, 1.807) is 0 Å². The summed E-state index contributed by atoms with van der Waals surface area (Å²) in [5.74, 6) is 0.463. The number of carbonyl (C=O) groups is 1. The highest BCUT2D eigenvalue weighted by atomic mass is 16.1. The quantitative estimate of drug-likeness (QED) is 0.736. The van der Waals surface area contributed by atoms with Crippen LogP contribution in [0.1, 0.15) is 56.7 Å². The number of carbonyl (C=O) groups excluding carboxylic acids is 1. The zero-order valence-electron chi connectivity index (χ0n) is 9.51. The Balaban J connectivity index is 2.93. The van der Waals surface area contributed by atoms with E-state index in [1.165, 1.54) is 0 Å². The van der Waals surface area contributed by atoms with Crippen molar-refractivity contribution in [2.45, 2.75) is 40.5 Å². The fourth-order valence-corrected chi connectivity index (χ4v) is 1.13. The molecule has 78 valence electrons. The van der Waals surface area contributed by atoms with Gasteiger partial charge in [0, 0.05) is 11.1 Å². The molecule has 0 aliphatic rings. The Morgan fingerprint density at radius 3 is 2.36 bits per heavy atom. The van der Waals surface area contributed by atoms with Gasteiger partial charge < -0.3 is 0 Å². The van der Waals surface area contributed by atoms with Gasteiger partial charge in [-0.1, -0.05) is 34.6 Å². The molecule has 0 aromatic carbocycles. The van der Waals surface area contributed by atoms with Crippen LogP contribution in [-0.2, 0) is 0 Å². The summed E-state index contributed by atoms with van der Waals surface area (Å²) in [5.41, 5.74) is 1.20. The van der Waals surface area contributed by atoms with Crippen molar-refractivity contribution < 1.29 is 4.79 Å². The summed E-state index contributed by atoms with van der Waals surface area (Å²) < 4.78 is 0. The standard InChI is InChI=1S/C11H18N2O/c1-7(2)8-6-9(13-12-8)10(14)11(3,4)5/h6-7H,1-5H3,(H,12,13). The fourth-order valence-electron chi connectivity index (χ4n) is 1.13. The number of hydrogen-bond donors (Lipinski definition) is 1. The maximum absolute atomic E-state index is 11.8. The first-order valence-corrected chi connectivity index (χ1v) is 4.92. The maximum atomic E-state index is 11.8. The minimum Gasteiger partial charge on any atom is -0.292 e. The van der Waals surface area contributed by atoms with E-state index in [-0.39, 0.29) is 11.2 Å². The first-order valence-electron chi connectivity index (χ1n) is 4.92. The van der Waals surface area contributed by atoms with Gasteiger partial charge in [0.05, 0.1) is 0 Å². The van der Waals surface area contributed by atoms with Gasteiger partial charge in [-0.3, -0.25) is 9.89 Å². The smallest absolute Gasteiger partial charge is 0.188 e. The van der Waals surface area contributed by atoms with Gasteiger partial charge >= 0.3 is 0 Å². The predicted molar refractivity (Wildman–Crippen MR) is 56.5 cm³/mol. The number of nitrogens with one attached hydrogen (secondary N) is 1. The Bertz CT molecular complexity index is 331. The van der Waals surface area contributed by atoms with Gasteiger partial charge in [0.2, 0.25) is 0 Å². The SMILES string of the molecule is CC(C)c1cc(C(=O)C(C)(C)C)n[nH]1. The van der Waals surface area contributed by atoms with E-state index in [2.05, 4.69) is 24.0 Å². The van der Waals surface area contributed by atoms with Crippen LogP contribution in [0.15, 0.2) is 6.07 Å². The lowest BCUT2D eigenvalue weighted by Gasteiger charge is -2.13. The lowest BCUT2D eigenvalue weighted by Crippen LogP contribution is -2.20. The highest BCUT2D eigenvalue weighted by Crippen LogP contribution is 2.21. The minimum atomic E-state index is -0.358. The van der Waals surface area contributed by atoms with E-state index in [9.17, 15) is 4.79 Å². The number of H-pyrrole nitrogens is 1. The van der Waals surface area contributed by atoms with Crippen molar-refractivity contribution in [1.29, 1.82) is 0 Å². The first-order chi connectivity index (χ1) is 6.32. The summed E-state index contributed by atoms with van der Waals surface area (Å²) in [7, 11) is 0. The van der Waals surface area contributed by atoms with Crippen LogP contribution in [0.5, 0.6) is 0 Å². The minimum absolute atomic E-state index is 0.0839. The number of Topliss-reactive ketones (excluding diaryl/α,β-unsaturated/α-hetero) is 1. The second kappa shape index (κ2) is 3.56. The van der Waals surface area contributed by atoms with Crippen LogP contribution in [0.2, 0.25) is 0 Å².